The van der Waals surface area contributed by atoms with Crippen LogP contribution < -0.4 is 5.73 Å². The highest BCUT2D eigenvalue weighted by Gasteiger charge is 2.12. The SMILES string of the molecule is COC(=O)C(N)COS. The fourth-order valence-corrected chi connectivity index (χ4v) is 0.460. The molecule has 0 rings (SSSR count). The van der Waals surface area contributed by atoms with Gasteiger partial charge in [-0.05, 0) is 12.9 Å². The van der Waals surface area contributed by atoms with Crippen LogP contribution >= 0.6 is 12.9 Å². The maximum Gasteiger partial charge on any atom is 0.325 e. The van der Waals surface area contributed by atoms with Crippen LogP contribution in [0.5, 0.6) is 0 Å². The molecule has 0 saturated heterocycles. The third kappa shape index (κ3) is 3.34. The Hall–Kier alpha value is -0.260. The van der Waals surface area contributed by atoms with Crippen LogP contribution in [-0.2, 0) is 13.7 Å². The third-order valence-corrected chi connectivity index (χ3v) is 0.907. The molecule has 0 heterocycles. The number of thiol groups is 1. The van der Waals surface area contributed by atoms with E-state index in [4.69, 9.17) is 5.73 Å². The average Bonchev–Trinajstić information content (AvgIpc) is 1.87. The van der Waals surface area contributed by atoms with Gasteiger partial charge < -0.3 is 14.7 Å². The predicted molar refractivity (Wildman–Crippen MR) is 34.9 cm³/mol. The highest BCUT2D eigenvalue weighted by Crippen LogP contribution is 1.86. The van der Waals surface area contributed by atoms with E-state index in [0.717, 1.165) is 0 Å². The van der Waals surface area contributed by atoms with Gasteiger partial charge in [0, 0.05) is 0 Å². The van der Waals surface area contributed by atoms with Gasteiger partial charge in [0.15, 0.2) is 0 Å². The second-order valence-corrected chi connectivity index (χ2v) is 1.68. The van der Waals surface area contributed by atoms with Crippen molar-refractivity contribution in [2.75, 3.05) is 13.7 Å². The summed E-state index contributed by atoms with van der Waals surface area (Å²) in [5, 5.41) is 0. The van der Waals surface area contributed by atoms with Crippen LogP contribution in [0.3, 0.4) is 0 Å². The zero-order valence-corrected chi connectivity index (χ0v) is 5.93. The number of hydrogen-bond donors (Lipinski definition) is 2. The molecule has 0 aromatic carbocycles. The van der Waals surface area contributed by atoms with E-state index in [1.165, 1.54) is 7.11 Å². The van der Waals surface area contributed by atoms with E-state index >= 15 is 0 Å². The Kier molecular flexibility index (Phi) is 4.47. The van der Waals surface area contributed by atoms with Crippen molar-refractivity contribution < 1.29 is 13.7 Å². The summed E-state index contributed by atoms with van der Waals surface area (Å²) in [6, 6.07) is -0.729. The topological polar surface area (TPSA) is 61.5 Å². The number of esters is 1. The Morgan fingerprint density at radius 1 is 1.89 bits per heavy atom. The minimum atomic E-state index is -0.729. The van der Waals surface area contributed by atoms with Gasteiger partial charge in [0.05, 0.1) is 13.7 Å². The fraction of sp³-hybridized carbons (Fsp3) is 0.750. The molecule has 0 aliphatic heterocycles. The van der Waals surface area contributed by atoms with Crippen molar-refractivity contribution in [1.29, 1.82) is 0 Å². The highest BCUT2D eigenvalue weighted by molar-refractivity contribution is 7.75. The van der Waals surface area contributed by atoms with Crippen molar-refractivity contribution in [2.45, 2.75) is 6.04 Å². The molecule has 1 atom stereocenters. The predicted octanol–water partition coefficient (Wildman–Crippen LogP) is -0.652. The maximum absolute atomic E-state index is 10.4. The number of methoxy groups -OCH3 is 1. The van der Waals surface area contributed by atoms with E-state index in [0.29, 0.717) is 0 Å². The second kappa shape index (κ2) is 4.60. The Balaban J connectivity index is 3.45. The van der Waals surface area contributed by atoms with Crippen molar-refractivity contribution in [3.8, 4) is 0 Å². The van der Waals surface area contributed by atoms with Crippen LogP contribution in [0.2, 0.25) is 0 Å². The van der Waals surface area contributed by atoms with Crippen molar-refractivity contribution in [1.82, 2.24) is 0 Å². The molecule has 2 N–H and O–H groups in total. The first kappa shape index (κ1) is 8.74. The third-order valence-electron chi connectivity index (χ3n) is 0.758. The molecule has 1 unspecified atom stereocenters. The van der Waals surface area contributed by atoms with E-state index in [1.54, 1.807) is 0 Å². The Morgan fingerprint density at radius 2 is 2.44 bits per heavy atom. The normalized spacial score (nSPS) is 12.8. The van der Waals surface area contributed by atoms with Crippen molar-refractivity contribution in [3.63, 3.8) is 0 Å². The summed E-state index contributed by atoms with van der Waals surface area (Å²) >= 11 is 3.41. The lowest BCUT2D eigenvalue weighted by atomic mass is 10.3. The molecule has 0 saturated carbocycles. The van der Waals surface area contributed by atoms with Gasteiger partial charge in [-0.15, -0.1) is 0 Å². The largest absolute Gasteiger partial charge is 0.468 e. The van der Waals surface area contributed by atoms with Crippen molar-refractivity contribution in [3.05, 3.63) is 0 Å². The summed E-state index contributed by atoms with van der Waals surface area (Å²) in [5.41, 5.74) is 5.19. The number of ether oxygens (including phenoxy) is 1. The minimum Gasteiger partial charge on any atom is -0.468 e. The van der Waals surface area contributed by atoms with Crippen molar-refractivity contribution >= 4 is 18.9 Å². The van der Waals surface area contributed by atoms with Gasteiger partial charge in [-0.1, -0.05) is 0 Å². The van der Waals surface area contributed by atoms with Gasteiger partial charge in [-0.25, -0.2) is 0 Å². The van der Waals surface area contributed by atoms with Crippen LogP contribution in [0.15, 0.2) is 0 Å². The molecule has 0 aliphatic rings. The molecule has 0 amide bonds. The highest BCUT2D eigenvalue weighted by atomic mass is 32.1. The van der Waals surface area contributed by atoms with Gasteiger partial charge >= 0.3 is 5.97 Å². The monoisotopic (exact) mass is 151 g/mol. The van der Waals surface area contributed by atoms with Crippen LogP contribution in [0.1, 0.15) is 0 Å². The summed E-state index contributed by atoms with van der Waals surface area (Å²) in [6.07, 6.45) is 0. The molecule has 0 aromatic heterocycles. The summed E-state index contributed by atoms with van der Waals surface area (Å²) in [5.74, 6) is -0.496. The molecule has 9 heavy (non-hydrogen) atoms. The van der Waals surface area contributed by atoms with Gasteiger partial charge in [0.1, 0.15) is 6.04 Å². The molecule has 0 aromatic rings. The Morgan fingerprint density at radius 3 is 2.78 bits per heavy atom. The molecule has 5 heteroatoms. The van der Waals surface area contributed by atoms with Crippen LogP contribution in [-0.4, -0.2) is 25.7 Å². The summed E-state index contributed by atoms with van der Waals surface area (Å²) in [4.78, 5) is 10.4. The summed E-state index contributed by atoms with van der Waals surface area (Å²) < 4.78 is 8.58. The van der Waals surface area contributed by atoms with E-state index in [-0.39, 0.29) is 6.61 Å². The fourth-order valence-electron chi connectivity index (χ4n) is 0.300. The Bertz CT molecular complexity index is 97.8. The lowest BCUT2D eigenvalue weighted by Gasteiger charge is -2.05. The lowest BCUT2D eigenvalue weighted by Crippen LogP contribution is -2.35. The standard InChI is InChI=1S/C4H9NO3S/c1-7-4(6)3(5)2-8-9/h3,9H,2,5H2,1H3. The van der Waals surface area contributed by atoms with Gasteiger partial charge in [-0.3, -0.25) is 4.79 Å². The van der Waals surface area contributed by atoms with E-state index in [1.807, 2.05) is 0 Å². The van der Waals surface area contributed by atoms with E-state index in [9.17, 15) is 4.79 Å². The van der Waals surface area contributed by atoms with E-state index in [2.05, 4.69) is 21.8 Å². The lowest BCUT2D eigenvalue weighted by molar-refractivity contribution is -0.142. The quantitative estimate of drug-likeness (QED) is 0.319. The maximum atomic E-state index is 10.4. The first-order valence-corrected chi connectivity index (χ1v) is 2.68. The van der Waals surface area contributed by atoms with Crippen LogP contribution in [0.4, 0.5) is 0 Å². The molecule has 0 bridgehead atoms. The average molecular weight is 151 g/mol. The van der Waals surface area contributed by atoms with Gasteiger partial charge in [0.2, 0.25) is 0 Å². The first-order valence-electron chi connectivity index (χ1n) is 2.32. The molecule has 4 nitrogen and oxygen atoms in total. The summed E-state index contributed by atoms with van der Waals surface area (Å²) in [7, 11) is 1.26. The zero-order valence-electron chi connectivity index (χ0n) is 5.03. The number of carbonyl (C=O) groups excluding carboxylic acids is 1. The number of rotatable bonds is 3. The minimum absolute atomic E-state index is 0.0653. The molecule has 0 aliphatic carbocycles. The van der Waals surface area contributed by atoms with Crippen LogP contribution in [0.25, 0.3) is 0 Å². The molecule has 0 spiro atoms. The van der Waals surface area contributed by atoms with Gasteiger partial charge in [0.25, 0.3) is 0 Å². The Labute approximate surface area is 58.9 Å². The molecule has 0 radical (unpaired) electrons. The molecular formula is C4H9NO3S. The molecule has 0 fully saturated rings. The second-order valence-electron chi connectivity index (χ2n) is 1.43. The van der Waals surface area contributed by atoms with Gasteiger partial charge in [-0.2, -0.15) is 0 Å². The zero-order chi connectivity index (χ0) is 7.28. The van der Waals surface area contributed by atoms with Crippen molar-refractivity contribution in [2.24, 2.45) is 5.73 Å². The van der Waals surface area contributed by atoms with E-state index < -0.39 is 12.0 Å². The smallest absolute Gasteiger partial charge is 0.325 e. The molecular weight excluding hydrogens is 142 g/mol. The number of nitrogens with two attached hydrogens (primary N) is 1. The number of hydrogen-bond acceptors (Lipinski definition) is 5. The number of carbonyl (C=O) groups is 1. The molecule has 54 valence electrons. The summed E-state index contributed by atoms with van der Waals surface area (Å²) in [6.45, 7) is 0.0653. The first-order chi connectivity index (χ1) is 4.22. The van der Waals surface area contributed by atoms with Crippen LogP contribution in [0, 0.1) is 0 Å².